The van der Waals surface area contributed by atoms with E-state index in [4.69, 9.17) is 5.73 Å². The van der Waals surface area contributed by atoms with Crippen LogP contribution < -0.4 is 11.1 Å². The molecule has 1 aromatic rings. The first-order valence-electron chi connectivity index (χ1n) is 5.78. The Morgan fingerprint density at radius 3 is 3.13 bits per heavy atom. The van der Waals surface area contributed by atoms with Crippen molar-refractivity contribution in [2.45, 2.75) is 38.6 Å². The minimum atomic E-state index is 0.222. The van der Waals surface area contributed by atoms with Gasteiger partial charge >= 0.3 is 0 Å². The average Bonchev–Trinajstić information content (AvgIpc) is 2.72. The van der Waals surface area contributed by atoms with Gasteiger partial charge in [0.2, 0.25) is 0 Å². The lowest BCUT2D eigenvalue weighted by Gasteiger charge is -2.11. The number of nitrogens with one attached hydrogen (secondary N) is 1. The number of nitrogens with zero attached hydrogens (tertiary/aromatic N) is 1. The van der Waals surface area contributed by atoms with E-state index in [1.54, 1.807) is 0 Å². The predicted molar refractivity (Wildman–Crippen MR) is 63.0 cm³/mol. The summed E-state index contributed by atoms with van der Waals surface area (Å²) in [6.07, 6.45) is 4.57. The first kappa shape index (κ1) is 10.4. The summed E-state index contributed by atoms with van der Waals surface area (Å²) in [5.74, 6) is 0.972. The third-order valence-electron chi connectivity index (χ3n) is 3.00. The molecule has 0 fully saturated rings. The molecule has 1 atom stereocenters. The number of anilines is 1. The van der Waals surface area contributed by atoms with Crippen LogP contribution in [0, 0.1) is 0 Å². The van der Waals surface area contributed by atoms with E-state index >= 15 is 0 Å². The molecule has 0 saturated heterocycles. The van der Waals surface area contributed by atoms with Crippen molar-refractivity contribution in [1.82, 2.24) is 4.98 Å². The average molecular weight is 205 g/mol. The number of aromatic nitrogens is 1. The molecule has 3 nitrogen and oxygen atoms in total. The second-order valence-electron chi connectivity index (χ2n) is 4.21. The van der Waals surface area contributed by atoms with Crippen molar-refractivity contribution in [2.24, 2.45) is 5.73 Å². The number of hydrogen-bond donors (Lipinski definition) is 2. The zero-order valence-corrected chi connectivity index (χ0v) is 9.29. The van der Waals surface area contributed by atoms with Gasteiger partial charge < -0.3 is 11.1 Å². The molecule has 0 aliphatic heterocycles. The van der Waals surface area contributed by atoms with Gasteiger partial charge in [0, 0.05) is 18.3 Å². The van der Waals surface area contributed by atoms with Gasteiger partial charge in [0.1, 0.15) is 5.82 Å². The van der Waals surface area contributed by atoms with Crippen LogP contribution in [0.15, 0.2) is 12.1 Å². The summed E-state index contributed by atoms with van der Waals surface area (Å²) < 4.78 is 0. The lowest BCUT2D eigenvalue weighted by Crippen LogP contribution is -2.28. The Bertz CT molecular complexity index is 336. The van der Waals surface area contributed by atoms with Crippen LogP contribution in [0.25, 0.3) is 0 Å². The van der Waals surface area contributed by atoms with E-state index in [1.165, 1.54) is 24.1 Å². The Morgan fingerprint density at radius 1 is 1.47 bits per heavy atom. The maximum atomic E-state index is 5.84. The molecule has 1 aromatic heterocycles. The molecule has 1 aliphatic carbocycles. The van der Waals surface area contributed by atoms with E-state index in [-0.39, 0.29) is 6.04 Å². The van der Waals surface area contributed by atoms with E-state index in [1.807, 2.05) is 0 Å². The zero-order chi connectivity index (χ0) is 10.7. The Labute approximate surface area is 91.1 Å². The molecule has 3 heteroatoms. The molecule has 0 saturated carbocycles. The van der Waals surface area contributed by atoms with Crippen LogP contribution in [-0.2, 0) is 12.8 Å². The van der Waals surface area contributed by atoms with Gasteiger partial charge in [0.15, 0.2) is 0 Å². The van der Waals surface area contributed by atoms with Gasteiger partial charge in [-0.25, -0.2) is 4.98 Å². The van der Waals surface area contributed by atoms with Gasteiger partial charge in [0.05, 0.1) is 0 Å². The summed E-state index contributed by atoms with van der Waals surface area (Å²) in [5, 5.41) is 3.29. The molecule has 1 unspecified atom stereocenters. The molecule has 0 spiro atoms. The second-order valence-corrected chi connectivity index (χ2v) is 4.21. The largest absolute Gasteiger partial charge is 0.369 e. The van der Waals surface area contributed by atoms with Crippen LogP contribution in [-0.4, -0.2) is 17.6 Å². The molecule has 15 heavy (non-hydrogen) atoms. The Morgan fingerprint density at radius 2 is 2.33 bits per heavy atom. The summed E-state index contributed by atoms with van der Waals surface area (Å²) in [6, 6.07) is 4.47. The fourth-order valence-corrected chi connectivity index (χ4v) is 1.90. The van der Waals surface area contributed by atoms with Crippen molar-refractivity contribution in [3.8, 4) is 0 Å². The molecule has 0 radical (unpaired) electrons. The monoisotopic (exact) mass is 205 g/mol. The first-order valence-corrected chi connectivity index (χ1v) is 5.78. The molecule has 0 amide bonds. The Balaban J connectivity index is 1.98. The molecule has 3 N–H and O–H groups in total. The van der Waals surface area contributed by atoms with E-state index in [0.717, 1.165) is 25.2 Å². The van der Waals surface area contributed by atoms with E-state index in [2.05, 4.69) is 29.4 Å². The molecule has 2 rings (SSSR count). The van der Waals surface area contributed by atoms with Crippen LogP contribution in [0.5, 0.6) is 0 Å². The SMILES string of the molecule is CCC(N)CNc1ccc2c(n1)CCC2. The summed E-state index contributed by atoms with van der Waals surface area (Å²) in [7, 11) is 0. The highest BCUT2D eigenvalue weighted by molar-refractivity contribution is 5.40. The van der Waals surface area contributed by atoms with Gasteiger partial charge in [-0.3, -0.25) is 0 Å². The highest BCUT2D eigenvalue weighted by Crippen LogP contribution is 2.21. The topological polar surface area (TPSA) is 50.9 Å². The van der Waals surface area contributed by atoms with Crippen LogP contribution in [0.2, 0.25) is 0 Å². The number of pyridine rings is 1. The second kappa shape index (κ2) is 4.62. The maximum Gasteiger partial charge on any atom is 0.126 e. The molecule has 0 bridgehead atoms. The smallest absolute Gasteiger partial charge is 0.126 e. The highest BCUT2D eigenvalue weighted by Gasteiger charge is 2.12. The number of rotatable bonds is 4. The molecule has 82 valence electrons. The number of aryl methyl sites for hydroxylation is 2. The van der Waals surface area contributed by atoms with Crippen LogP contribution in [0.4, 0.5) is 5.82 Å². The summed E-state index contributed by atoms with van der Waals surface area (Å²) in [4.78, 5) is 4.59. The van der Waals surface area contributed by atoms with Crippen molar-refractivity contribution in [3.63, 3.8) is 0 Å². The number of fused-ring (bicyclic) bond motifs is 1. The van der Waals surface area contributed by atoms with Gasteiger partial charge in [-0.2, -0.15) is 0 Å². The van der Waals surface area contributed by atoms with Crippen molar-refractivity contribution >= 4 is 5.82 Å². The van der Waals surface area contributed by atoms with Gasteiger partial charge in [0.25, 0.3) is 0 Å². The quantitative estimate of drug-likeness (QED) is 0.787. The lowest BCUT2D eigenvalue weighted by molar-refractivity contribution is 0.677. The van der Waals surface area contributed by atoms with Crippen molar-refractivity contribution in [1.29, 1.82) is 0 Å². The Kier molecular flexibility index (Phi) is 3.21. The number of nitrogens with two attached hydrogens (primary N) is 1. The molecule has 0 aromatic carbocycles. The van der Waals surface area contributed by atoms with Crippen LogP contribution in [0.3, 0.4) is 0 Å². The van der Waals surface area contributed by atoms with Gasteiger partial charge in [-0.15, -0.1) is 0 Å². The lowest BCUT2D eigenvalue weighted by atomic mass is 10.2. The first-order chi connectivity index (χ1) is 7.29. The minimum Gasteiger partial charge on any atom is -0.369 e. The predicted octanol–water partition coefficient (Wildman–Crippen LogP) is 1.72. The van der Waals surface area contributed by atoms with Crippen molar-refractivity contribution in [3.05, 3.63) is 23.4 Å². The minimum absolute atomic E-state index is 0.222. The molecule has 1 heterocycles. The van der Waals surface area contributed by atoms with Crippen LogP contribution in [0.1, 0.15) is 31.0 Å². The maximum absolute atomic E-state index is 5.84. The fraction of sp³-hybridized carbons (Fsp3) is 0.583. The zero-order valence-electron chi connectivity index (χ0n) is 9.29. The molecular weight excluding hydrogens is 186 g/mol. The van der Waals surface area contributed by atoms with Crippen molar-refractivity contribution < 1.29 is 0 Å². The molecule has 1 aliphatic rings. The summed E-state index contributed by atoms with van der Waals surface area (Å²) in [6.45, 7) is 2.91. The van der Waals surface area contributed by atoms with Gasteiger partial charge in [-0.05, 0) is 37.3 Å². The standard InChI is InChI=1S/C12H19N3/c1-2-10(13)8-14-12-7-6-9-4-3-5-11(9)15-12/h6-7,10H,2-5,8,13H2,1H3,(H,14,15). The highest BCUT2D eigenvalue weighted by atomic mass is 15.0. The third-order valence-corrected chi connectivity index (χ3v) is 3.00. The van der Waals surface area contributed by atoms with Crippen LogP contribution >= 0.6 is 0 Å². The molecular formula is C12H19N3. The third kappa shape index (κ3) is 2.48. The number of hydrogen-bond acceptors (Lipinski definition) is 3. The van der Waals surface area contributed by atoms with E-state index < -0.39 is 0 Å². The summed E-state index contributed by atoms with van der Waals surface area (Å²) in [5.41, 5.74) is 8.53. The van der Waals surface area contributed by atoms with Gasteiger partial charge in [-0.1, -0.05) is 13.0 Å². The normalized spacial score (nSPS) is 16.1. The summed E-state index contributed by atoms with van der Waals surface area (Å²) >= 11 is 0. The van der Waals surface area contributed by atoms with E-state index in [0.29, 0.717) is 0 Å². The fourth-order valence-electron chi connectivity index (χ4n) is 1.90. The Hall–Kier alpha value is -1.09. The van der Waals surface area contributed by atoms with E-state index in [9.17, 15) is 0 Å². The van der Waals surface area contributed by atoms with Crippen molar-refractivity contribution in [2.75, 3.05) is 11.9 Å².